The van der Waals surface area contributed by atoms with Gasteiger partial charge < -0.3 is 19.3 Å². The number of sulfonamides is 1. The minimum atomic E-state index is -4.06. The second kappa shape index (κ2) is 11.7. The highest BCUT2D eigenvalue weighted by Gasteiger charge is 2.48. The van der Waals surface area contributed by atoms with Crippen LogP contribution in [-0.4, -0.2) is 67.1 Å². The van der Waals surface area contributed by atoms with Gasteiger partial charge >= 0.3 is 0 Å². The summed E-state index contributed by atoms with van der Waals surface area (Å²) in [7, 11) is -1.15. The van der Waals surface area contributed by atoms with Gasteiger partial charge in [-0.25, -0.2) is 8.42 Å². The lowest BCUT2D eigenvalue weighted by molar-refractivity contribution is -0.125. The Labute approximate surface area is 228 Å². The summed E-state index contributed by atoms with van der Waals surface area (Å²) in [6.07, 6.45) is 7.38. The molecule has 0 spiro atoms. The average molecular weight is 556 g/mol. The molecule has 1 aliphatic heterocycles. The van der Waals surface area contributed by atoms with Gasteiger partial charge in [-0.1, -0.05) is 18.0 Å². The van der Waals surface area contributed by atoms with E-state index in [1.165, 1.54) is 24.6 Å². The van der Waals surface area contributed by atoms with E-state index >= 15 is 0 Å². The fraction of sp³-hybridized carbons (Fsp3) is 0.481. The second-order valence-corrected chi connectivity index (χ2v) is 11.7. The topological polar surface area (TPSA) is 137 Å². The van der Waals surface area contributed by atoms with E-state index in [0.717, 1.165) is 19.3 Å². The number of amides is 1. The van der Waals surface area contributed by atoms with Crippen molar-refractivity contribution in [3.8, 4) is 22.9 Å². The number of fused-ring (bicyclic) bond motifs is 1. The van der Waals surface area contributed by atoms with Crippen molar-refractivity contribution in [2.24, 2.45) is 5.92 Å². The smallest absolute Gasteiger partial charge is 0.247 e. The monoisotopic (exact) mass is 555 g/mol. The number of aromatic nitrogens is 3. The first-order valence-corrected chi connectivity index (χ1v) is 14.6. The van der Waals surface area contributed by atoms with Gasteiger partial charge in [0.2, 0.25) is 27.6 Å². The van der Waals surface area contributed by atoms with E-state index in [2.05, 4.69) is 20.4 Å². The Hall–Kier alpha value is -3.51. The summed E-state index contributed by atoms with van der Waals surface area (Å²) in [6, 6.07) is 7.74. The standard InChI is InChI=1S/C27H33N5O6S/c1-36-20-9-10-23(37-2)24(16-20)39(34,35)32-13-6-4-3-5-12-29-26(33)21-14-19(15-22(21)32)27-30-25(31-38-27)18-8-7-11-28-17-18/h7-11,16-17,19,21-22H,3-6,12-15H2,1-2H3,(H,29,33)/t19-,21-,22+/m1/s1. The van der Waals surface area contributed by atoms with Crippen molar-refractivity contribution in [1.82, 2.24) is 24.7 Å². The van der Waals surface area contributed by atoms with E-state index in [4.69, 9.17) is 14.0 Å². The van der Waals surface area contributed by atoms with Crippen LogP contribution in [0.4, 0.5) is 0 Å². The average Bonchev–Trinajstić information content (AvgIpc) is 3.62. The maximum atomic E-state index is 14.3. The molecule has 1 N–H and O–H groups in total. The Kier molecular flexibility index (Phi) is 8.12. The summed E-state index contributed by atoms with van der Waals surface area (Å²) in [4.78, 5) is 22.1. The van der Waals surface area contributed by atoms with Gasteiger partial charge in [-0.15, -0.1) is 0 Å². The van der Waals surface area contributed by atoms with E-state index in [0.29, 0.717) is 48.8 Å². The highest BCUT2D eigenvalue weighted by Crippen LogP contribution is 2.44. The van der Waals surface area contributed by atoms with Gasteiger partial charge in [0.1, 0.15) is 16.4 Å². The van der Waals surface area contributed by atoms with Crippen LogP contribution in [0.5, 0.6) is 11.5 Å². The van der Waals surface area contributed by atoms with Gasteiger partial charge in [-0.2, -0.15) is 9.29 Å². The van der Waals surface area contributed by atoms with Crippen molar-refractivity contribution in [1.29, 1.82) is 0 Å². The van der Waals surface area contributed by atoms with Crippen molar-refractivity contribution in [2.75, 3.05) is 27.3 Å². The molecular formula is C27H33N5O6S. The lowest BCUT2D eigenvalue weighted by atomic mass is 10.0. The summed E-state index contributed by atoms with van der Waals surface area (Å²) in [5.41, 5.74) is 0.716. The molecule has 0 bridgehead atoms. The number of ether oxygens (including phenoxy) is 2. The number of pyridine rings is 1. The quantitative estimate of drug-likeness (QED) is 0.485. The Balaban J connectivity index is 1.52. The highest BCUT2D eigenvalue weighted by molar-refractivity contribution is 7.89. The van der Waals surface area contributed by atoms with Crippen LogP contribution in [-0.2, 0) is 14.8 Å². The zero-order chi connectivity index (χ0) is 27.4. The summed E-state index contributed by atoms with van der Waals surface area (Å²) < 4.78 is 46.4. The minimum absolute atomic E-state index is 0.0125. The maximum absolute atomic E-state index is 14.3. The van der Waals surface area contributed by atoms with Crippen molar-refractivity contribution in [2.45, 2.75) is 55.4 Å². The minimum Gasteiger partial charge on any atom is -0.497 e. The van der Waals surface area contributed by atoms with Crippen LogP contribution in [0.2, 0.25) is 0 Å². The number of hydrogen-bond acceptors (Lipinski definition) is 9. The zero-order valence-corrected chi connectivity index (χ0v) is 22.9. The van der Waals surface area contributed by atoms with Crippen LogP contribution < -0.4 is 14.8 Å². The molecule has 1 aromatic carbocycles. The molecule has 208 valence electrons. The molecule has 39 heavy (non-hydrogen) atoms. The van der Waals surface area contributed by atoms with Crippen LogP contribution >= 0.6 is 0 Å². The largest absolute Gasteiger partial charge is 0.497 e. The fourth-order valence-corrected chi connectivity index (χ4v) is 7.38. The van der Waals surface area contributed by atoms with E-state index in [-0.39, 0.29) is 29.0 Å². The molecule has 1 saturated heterocycles. The number of benzene rings is 1. The molecule has 11 nitrogen and oxygen atoms in total. The Morgan fingerprint density at radius 3 is 2.69 bits per heavy atom. The third kappa shape index (κ3) is 5.62. The lowest BCUT2D eigenvalue weighted by Gasteiger charge is -2.32. The molecule has 1 saturated carbocycles. The number of hydrogen-bond donors (Lipinski definition) is 1. The fourth-order valence-electron chi connectivity index (χ4n) is 5.50. The first-order valence-electron chi connectivity index (χ1n) is 13.2. The summed E-state index contributed by atoms with van der Waals surface area (Å²) in [6.45, 7) is 0.851. The van der Waals surface area contributed by atoms with Crippen LogP contribution in [0, 0.1) is 5.92 Å². The molecule has 2 aromatic heterocycles. The number of carbonyl (C=O) groups is 1. The third-order valence-electron chi connectivity index (χ3n) is 7.51. The van der Waals surface area contributed by atoms with Crippen LogP contribution in [0.15, 0.2) is 52.1 Å². The predicted molar refractivity (Wildman–Crippen MR) is 142 cm³/mol. The predicted octanol–water partition coefficient (Wildman–Crippen LogP) is 3.39. The number of methoxy groups -OCH3 is 2. The number of nitrogens with zero attached hydrogens (tertiary/aromatic N) is 4. The summed E-state index contributed by atoms with van der Waals surface area (Å²) in [5, 5.41) is 7.14. The molecule has 5 rings (SSSR count). The van der Waals surface area contributed by atoms with Crippen LogP contribution in [0.3, 0.4) is 0 Å². The molecule has 12 heteroatoms. The molecule has 2 fully saturated rings. The lowest BCUT2D eigenvalue weighted by Crippen LogP contribution is -2.47. The Morgan fingerprint density at radius 2 is 1.92 bits per heavy atom. The maximum Gasteiger partial charge on any atom is 0.247 e. The molecule has 3 aromatic rings. The number of nitrogens with one attached hydrogen (secondary N) is 1. The molecule has 0 radical (unpaired) electrons. The van der Waals surface area contributed by atoms with Gasteiger partial charge in [0.25, 0.3) is 0 Å². The van der Waals surface area contributed by atoms with Gasteiger partial charge in [0, 0.05) is 49.1 Å². The van der Waals surface area contributed by atoms with Gasteiger partial charge in [0.05, 0.1) is 20.1 Å². The van der Waals surface area contributed by atoms with Crippen molar-refractivity contribution < 1.29 is 27.2 Å². The van der Waals surface area contributed by atoms with Gasteiger partial charge in [-0.05, 0) is 49.9 Å². The molecule has 0 unspecified atom stereocenters. The summed E-state index contributed by atoms with van der Waals surface area (Å²) >= 11 is 0. The Morgan fingerprint density at radius 1 is 1.08 bits per heavy atom. The van der Waals surface area contributed by atoms with Crippen molar-refractivity contribution >= 4 is 15.9 Å². The van der Waals surface area contributed by atoms with E-state index < -0.39 is 22.0 Å². The SMILES string of the molecule is COc1ccc(OC)c(S(=O)(=O)N2CCCCCCNC(=O)[C@@H]3C[C@@H](c4nc(-c5cccnc5)no4)C[C@@H]32)c1. The van der Waals surface area contributed by atoms with E-state index in [9.17, 15) is 13.2 Å². The number of rotatable bonds is 6. The summed E-state index contributed by atoms with van der Waals surface area (Å²) in [5.74, 6) is 0.400. The van der Waals surface area contributed by atoms with Crippen molar-refractivity contribution in [3.05, 3.63) is 48.6 Å². The molecule has 3 atom stereocenters. The number of carbonyl (C=O) groups excluding carboxylic acids is 1. The van der Waals surface area contributed by atoms with Gasteiger partial charge in [0.15, 0.2) is 0 Å². The normalized spacial score (nSPS) is 22.9. The molecule has 3 heterocycles. The molecule has 1 aliphatic carbocycles. The van der Waals surface area contributed by atoms with Crippen molar-refractivity contribution in [3.63, 3.8) is 0 Å². The first kappa shape index (κ1) is 27.1. The molecule has 2 aliphatic rings. The Bertz CT molecular complexity index is 1400. The van der Waals surface area contributed by atoms with E-state index in [1.807, 2.05) is 6.07 Å². The zero-order valence-electron chi connectivity index (χ0n) is 22.1. The van der Waals surface area contributed by atoms with Gasteiger partial charge in [-0.3, -0.25) is 9.78 Å². The van der Waals surface area contributed by atoms with Crippen LogP contribution in [0.25, 0.3) is 11.4 Å². The second-order valence-electron chi connectivity index (χ2n) is 9.88. The van der Waals surface area contributed by atoms with E-state index in [1.54, 1.807) is 30.6 Å². The highest BCUT2D eigenvalue weighted by atomic mass is 32.2. The molecular weight excluding hydrogens is 522 g/mol. The van der Waals surface area contributed by atoms with Crippen LogP contribution in [0.1, 0.15) is 50.3 Å². The molecule has 1 amide bonds. The first-order chi connectivity index (χ1) is 18.9. The third-order valence-corrected chi connectivity index (χ3v) is 9.45.